The number of ether oxygens (including phenoxy) is 1. The first-order valence-corrected chi connectivity index (χ1v) is 9.58. The molecular formula is C22H22FN3O3. The molecule has 0 aliphatic carbocycles. The van der Waals surface area contributed by atoms with Gasteiger partial charge in [-0.15, -0.1) is 0 Å². The lowest BCUT2D eigenvalue weighted by Crippen LogP contribution is -2.43. The van der Waals surface area contributed by atoms with Crippen LogP contribution >= 0.6 is 0 Å². The lowest BCUT2D eigenvalue weighted by Gasteiger charge is -2.34. The van der Waals surface area contributed by atoms with Gasteiger partial charge in [0.05, 0.1) is 19.3 Å². The minimum Gasteiger partial charge on any atom is -0.437 e. The Morgan fingerprint density at radius 1 is 1.17 bits per heavy atom. The van der Waals surface area contributed by atoms with Gasteiger partial charge in [0.15, 0.2) is 5.58 Å². The van der Waals surface area contributed by atoms with Crippen LogP contribution in [0.15, 0.2) is 59.0 Å². The number of nitrogens with zero attached hydrogens (tertiary/aromatic N) is 2. The molecule has 29 heavy (non-hydrogen) atoms. The molecule has 1 amide bonds. The van der Waals surface area contributed by atoms with Gasteiger partial charge in [0.2, 0.25) is 11.8 Å². The van der Waals surface area contributed by atoms with E-state index in [4.69, 9.17) is 9.15 Å². The Hall–Kier alpha value is -3.03. The molecule has 150 valence electrons. The van der Waals surface area contributed by atoms with Gasteiger partial charge in [-0.1, -0.05) is 24.3 Å². The van der Waals surface area contributed by atoms with Gasteiger partial charge >= 0.3 is 0 Å². The number of nitrogens with one attached hydrogen (secondary N) is 1. The fourth-order valence-corrected chi connectivity index (χ4v) is 3.40. The molecule has 0 spiro atoms. The number of rotatable bonds is 6. The monoisotopic (exact) mass is 395 g/mol. The maximum atomic E-state index is 13.3. The molecule has 1 aliphatic heterocycles. The van der Waals surface area contributed by atoms with Crippen molar-refractivity contribution in [2.45, 2.75) is 6.04 Å². The largest absolute Gasteiger partial charge is 0.437 e. The van der Waals surface area contributed by atoms with Crippen LogP contribution in [0.2, 0.25) is 0 Å². The highest BCUT2D eigenvalue weighted by atomic mass is 19.1. The van der Waals surface area contributed by atoms with Crippen molar-refractivity contribution in [3.63, 3.8) is 0 Å². The summed E-state index contributed by atoms with van der Waals surface area (Å²) in [5, 5.41) is 2.93. The molecule has 2 aromatic carbocycles. The summed E-state index contributed by atoms with van der Waals surface area (Å²) in [5.41, 5.74) is 2.38. The van der Waals surface area contributed by atoms with Gasteiger partial charge < -0.3 is 14.5 Å². The van der Waals surface area contributed by atoms with Crippen LogP contribution < -0.4 is 5.32 Å². The van der Waals surface area contributed by atoms with Gasteiger partial charge in [0, 0.05) is 31.8 Å². The number of benzene rings is 2. The summed E-state index contributed by atoms with van der Waals surface area (Å²) in [5.74, 6) is -0.142. The Balaban J connectivity index is 1.41. The zero-order valence-electron chi connectivity index (χ0n) is 15.9. The van der Waals surface area contributed by atoms with Gasteiger partial charge in [0.1, 0.15) is 11.3 Å². The van der Waals surface area contributed by atoms with E-state index in [9.17, 15) is 9.18 Å². The number of aromatic nitrogens is 1. The van der Waals surface area contributed by atoms with Crippen molar-refractivity contribution in [1.29, 1.82) is 0 Å². The molecule has 2 heterocycles. The van der Waals surface area contributed by atoms with Crippen LogP contribution in [0.1, 0.15) is 17.5 Å². The minimum absolute atomic E-state index is 0.0545. The number of hydrogen-bond donors (Lipinski definition) is 1. The third-order valence-electron chi connectivity index (χ3n) is 4.90. The number of fused-ring (bicyclic) bond motifs is 1. The second-order valence-corrected chi connectivity index (χ2v) is 6.81. The van der Waals surface area contributed by atoms with E-state index in [0.717, 1.165) is 24.2 Å². The zero-order chi connectivity index (χ0) is 20.1. The zero-order valence-corrected chi connectivity index (χ0v) is 15.9. The van der Waals surface area contributed by atoms with Crippen LogP contribution in [0.25, 0.3) is 17.2 Å². The van der Waals surface area contributed by atoms with Crippen LogP contribution in [0.5, 0.6) is 0 Å². The maximum absolute atomic E-state index is 13.3. The number of para-hydroxylation sites is 2. The standard InChI is InChI=1S/C22H22FN3O3/c23-17-7-5-16(6-8-17)19(26-11-13-28-14-12-26)15-24-21(27)9-10-22-25-18-3-1-2-4-20(18)29-22/h1-10,19H,11-15H2,(H,24,27)/b10-9+. The van der Waals surface area contributed by atoms with Crippen molar-refractivity contribution in [2.24, 2.45) is 0 Å². The van der Waals surface area contributed by atoms with E-state index in [1.807, 2.05) is 24.3 Å². The van der Waals surface area contributed by atoms with E-state index >= 15 is 0 Å². The number of morpholine rings is 1. The summed E-state index contributed by atoms with van der Waals surface area (Å²) < 4.78 is 24.3. The van der Waals surface area contributed by atoms with Gasteiger partial charge in [-0.25, -0.2) is 9.37 Å². The van der Waals surface area contributed by atoms with Crippen molar-refractivity contribution in [1.82, 2.24) is 15.2 Å². The predicted octanol–water partition coefficient (Wildman–Crippen LogP) is 3.17. The molecular weight excluding hydrogens is 373 g/mol. The van der Waals surface area contributed by atoms with E-state index in [0.29, 0.717) is 31.2 Å². The first-order valence-electron chi connectivity index (χ1n) is 9.58. The number of oxazole rings is 1. The average Bonchev–Trinajstić information content (AvgIpc) is 3.17. The first-order chi connectivity index (χ1) is 14.2. The van der Waals surface area contributed by atoms with Crippen LogP contribution in [-0.2, 0) is 9.53 Å². The summed E-state index contributed by atoms with van der Waals surface area (Å²) in [7, 11) is 0. The van der Waals surface area contributed by atoms with Crippen LogP contribution in [0.3, 0.4) is 0 Å². The highest BCUT2D eigenvalue weighted by Gasteiger charge is 2.23. The number of carbonyl (C=O) groups is 1. The fourth-order valence-electron chi connectivity index (χ4n) is 3.40. The molecule has 4 rings (SSSR count). The van der Waals surface area contributed by atoms with Gasteiger partial charge in [-0.05, 0) is 29.8 Å². The molecule has 0 radical (unpaired) electrons. The van der Waals surface area contributed by atoms with E-state index in [1.54, 1.807) is 18.2 Å². The number of hydrogen-bond acceptors (Lipinski definition) is 5. The topological polar surface area (TPSA) is 67.6 Å². The molecule has 0 saturated carbocycles. The van der Waals surface area contributed by atoms with Crippen molar-refractivity contribution < 1.29 is 18.3 Å². The molecule has 1 N–H and O–H groups in total. The number of carbonyl (C=O) groups excluding carboxylic acids is 1. The second kappa shape index (κ2) is 8.98. The first kappa shape index (κ1) is 19.3. The highest BCUT2D eigenvalue weighted by molar-refractivity contribution is 5.91. The van der Waals surface area contributed by atoms with Gasteiger partial charge in [0.25, 0.3) is 0 Å². The molecule has 1 fully saturated rings. The van der Waals surface area contributed by atoms with Crippen molar-refractivity contribution in [2.75, 3.05) is 32.8 Å². The molecule has 7 heteroatoms. The van der Waals surface area contributed by atoms with Crippen LogP contribution in [0, 0.1) is 5.82 Å². The molecule has 1 unspecified atom stereocenters. The molecule has 6 nitrogen and oxygen atoms in total. The SMILES string of the molecule is O=C(/C=C/c1nc2ccccc2o1)NCC(c1ccc(F)cc1)N1CCOCC1. The summed E-state index contributed by atoms with van der Waals surface area (Å²) in [6, 6.07) is 13.8. The molecule has 1 aliphatic rings. The molecule has 0 bridgehead atoms. The van der Waals surface area contributed by atoms with E-state index in [1.165, 1.54) is 18.2 Å². The quantitative estimate of drug-likeness (QED) is 0.650. The van der Waals surface area contributed by atoms with E-state index < -0.39 is 0 Å². The third-order valence-corrected chi connectivity index (χ3v) is 4.90. The predicted molar refractivity (Wildman–Crippen MR) is 108 cm³/mol. The Labute approximate surface area is 168 Å². The fraction of sp³-hybridized carbons (Fsp3) is 0.273. The summed E-state index contributed by atoms with van der Waals surface area (Å²) >= 11 is 0. The van der Waals surface area contributed by atoms with Crippen LogP contribution in [0.4, 0.5) is 4.39 Å². The molecule has 1 atom stereocenters. The third kappa shape index (κ3) is 4.88. The van der Waals surface area contributed by atoms with Crippen molar-refractivity contribution in [3.05, 3.63) is 71.9 Å². The Bertz CT molecular complexity index is 961. The lowest BCUT2D eigenvalue weighted by molar-refractivity contribution is -0.116. The summed E-state index contributed by atoms with van der Waals surface area (Å²) in [4.78, 5) is 18.9. The Morgan fingerprint density at radius 3 is 2.69 bits per heavy atom. The lowest BCUT2D eigenvalue weighted by atomic mass is 10.0. The van der Waals surface area contributed by atoms with Gasteiger partial charge in [-0.3, -0.25) is 9.69 Å². The Morgan fingerprint density at radius 2 is 1.93 bits per heavy atom. The number of halogens is 1. The van der Waals surface area contributed by atoms with E-state index in [2.05, 4.69) is 15.2 Å². The van der Waals surface area contributed by atoms with Crippen molar-refractivity contribution in [3.8, 4) is 0 Å². The van der Waals surface area contributed by atoms with E-state index in [-0.39, 0.29) is 17.8 Å². The second-order valence-electron chi connectivity index (χ2n) is 6.81. The molecule has 1 aromatic heterocycles. The Kier molecular flexibility index (Phi) is 5.97. The molecule has 1 saturated heterocycles. The minimum atomic E-state index is -0.278. The van der Waals surface area contributed by atoms with Crippen molar-refractivity contribution >= 4 is 23.1 Å². The average molecular weight is 395 g/mol. The smallest absolute Gasteiger partial charge is 0.244 e. The summed E-state index contributed by atoms with van der Waals surface area (Å²) in [6.07, 6.45) is 2.96. The number of amides is 1. The maximum Gasteiger partial charge on any atom is 0.244 e. The highest BCUT2D eigenvalue weighted by Crippen LogP contribution is 2.22. The van der Waals surface area contributed by atoms with Crippen LogP contribution in [-0.4, -0.2) is 48.6 Å². The normalized spacial score (nSPS) is 16.3. The van der Waals surface area contributed by atoms with Gasteiger partial charge in [-0.2, -0.15) is 0 Å². The summed E-state index contributed by atoms with van der Waals surface area (Å²) in [6.45, 7) is 3.21. The molecule has 3 aromatic rings.